The van der Waals surface area contributed by atoms with E-state index in [1.54, 1.807) is 0 Å². The lowest BCUT2D eigenvalue weighted by Gasteiger charge is -2.28. The van der Waals surface area contributed by atoms with Gasteiger partial charge in [-0.15, -0.1) is 12.4 Å². The molecule has 1 aliphatic heterocycles. The van der Waals surface area contributed by atoms with Crippen LogP contribution in [-0.2, 0) is 0 Å². The molecule has 68 valence electrons. The van der Waals surface area contributed by atoms with E-state index in [0.29, 0.717) is 6.42 Å². The molecule has 2 unspecified atom stereocenters. The number of rotatable bonds is 0. The molecule has 0 radical (unpaired) electrons. The van der Waals surface area contributed by atoms with Gasteiger partial charge in [0.15, 0.2) is 0 Å². The number of nitrogens with one attached hydrogen (secondary N) is 1. The molecule has 0 aromatic rings. The Labute approximate surface area is 74.2 Å². The van der Waals surface area contributed by atoms with Crippen LogP contribution in [0.15, 0.2) is 0 Å². The van der Waals surface area contributed by atoms with E-state index in [1.807, 2.05) is 0 Å². The van der Waals surface area contributed by atoms with Crippen LogP contribution in [0.5, 0.6) is 0 Å². The smallest absolute Gasteiger partial charge is 0.117 e. The van der Waals surface area contributed by atoms with Crippen molar-refractivity contribution in [3.8, 4) is 0 Å². The van der Waals surface area contributed by atoms with Crippen molar-refractivity contribution in [3.63, 3.8) is 0 Å². The van der Waals surface area contributed by atoms with E-state index < -0.39 is 6.17 Å². The molecule has 1 rings (SSSR count). The Balaban J connectivity index is 0.000001000. The number of halogens is 2. The van der Waals surface area contributed by atoms with Crippen molar-refractivity contribution in [3.05, 3.63) is 0 Å². The summed E-state index contributed by atoms with van der Waals surface area (Å²) in [7, 11) is 0. The lowest BCUT2D eigenvalue weighted by atomic mass is 9.85. The maximum absolute atomic E-state index is 13.0. The van der Waals surface area contributed by atoms with Crippen molar-refractivity contribution < 1.29 is 4.39 Å². The van der Waals surface area contributed by atoms with Crippen LogP contribution in [-0.4, -0.2) is 18.8 Å². The van der Waals surface area contributed by atoms with Gasteiger partial charge in [0.05, 0.1) is 0 Å². The molecule has 0 aromatic carbocycles. The first kappa shape index (κ1) is 11.2. The molecule has 2 atom stereocenters. The fourth-order valence-electron chi connectivity index (χ4n) is 1.52. The van der Waals surface area contributed by atoms with Crippen LogP contribution in [0.1, 0.15) is 27.2 Å². The summed E-state index contributed by atoms with van der Waals surface area (Å²) in [5.41, 5.74) is 0.0654. The Hall–Kier alpha value is 0.180. The Kier molecular flexibility index (Phi) is 3.78. The van der Waals surface area contributed by atoms with E-state index >= 15 is 0 Å². The highest BCUT2D eigenvalue weighted by molar-refractivity contribution is 5.85. The second kappa shape index (κ2) is 3.72. The normalized spacial score (nSPS) is 31.6. The molecule has 1 fully saturated rings. The van der Waals surface area contributed by atoms with Crippen LogP contribution in [0.3, 0.4) is 0 Å². The Morgan fingerprint density at radius 2 is 1.91 bits per heavy atom. The van der Waals surface area contributed by atoms with Crippen LogP contribution < -0.4 is 5.32 Å². The van der Waals surface area contributed by atoms with Gasteiger partial charge in [0.2, 0.25) is 0 Å². The molecule has 1 saturated heterocycles. The number of alkyl halides is 1. The van der Waals surface area contributed by atoms with E-state index in [1.165, 1.54) is 0 Å². The highest BCUT2D eigenvalue weighted by atomic mass is 35.5. The van der Waals surface area contributed by atoms with Gasteiger partial charge < -0.3 is 5.32 Å². The third-order valence-corrected chi connectivity index (χ3v) is 2.08. The van der Waals surface area contributed by atoms with Crippen molar-refractivity contribution in [2.75, 3.05) is 6.54 Å². The molecular formula is C8H17ClFN. The van der Waals surface area contributed by atoms with Crippen molar-refractivity contribution in [2.24, 2.45) is 5.41 Å². The minimum atomic E-state index is -0.639. The van der Waals surface area contributed by atoms with Crippen LogP contribution in [0, 0.1) is 5.41 Å². The quantitative estimate of drug-likeness (QED) is 0.604. The van der Waals surface area contributed by atoms with Gasteiger partial charge in [-0.05, 0) is 18.4 Å². The fourth-order valence-corrected chi connectivity index (χ4v) is 1.52. The summed E-state index contributed by atoms with van der Waals surface area (Å²) >= 11 is 0. The average Bonchev–Trinajstić information content (AvgIpc) is 2.11. The first-order valence-electron chi connectivity index (χ1n) is 3.89. The van der Waals surface area contributed by atoms with Gasteiger partial charge in [-0.1, -0.05) is 20.8 Å². The first-order valence-corrected chi connectivity index (χ1v) is 3.89. The van der Waals surface area contributed by atoms with E-state index in [4.69, 9.17) is 0 Å². The maximum atomic E-state index is 13.0. The maximum Gasteiger partial charge on any atom is 0.117 e. The minimum Gasteiger partial charge on any atom is -0.311 e. The lowest BCUT2D eigenvalue weighted by Crippen LogP contribution is -2.40. The van der Waals surface area contributed by atoms with Gasteiger partial charge in [-0.2, -0.15) is 0 Å². The molecule has 0 spiro atoms. The summed E-state index contributed by atoms with van der Waals surface area (Å²) in [6, 6.07) is 0.0625. The van der Waals surface area contributed by atoms with Gasteiger partial charge in [0.25, 0.3) is 0 Å². The third-order valence-electron chi connectivity index (χ3n) is 2.08. The summed E-state index contributed by atoms with van der Waals surface area (Å²) < 4.78 is 13.0. The van der Waals surface area contributed by atoms with Gasteiger partial charge in [0, 0.05) is 6.04 Å². The summed E-state index contributed by atoms with van der Waals surface area (Å²) in [6.07, 6.45) is 0.0436. The van der Waals surface area contributed by atoms with Crippen LogP contribution >= 0.6 is 12.4 Å². The van der Waals surface area contributed by atoms with Crippen molar-refractivity contribution >= 4 is 12.4 Å². The van der Waals surface area contributed by atoms with Crippen molar-refractivity contribution in [1.29, 1.82) is 0 Å². The van der Waals surface area contributed by atoms with E-state index in [-0.39, 0.29) is 23.9 Å². The molecule has 3 heteroatoms. The van der Waals surface area contributed by atoms with E-state index in [2.05, 4.69) is 26.1 Å². The molecule has 0 saturated carbocycles. The van der Waals surface area contributed by atoms with Crippen LogP contribution in [0.4, 0.5) is 4.39 Å². The average molecular weight is 182 g/mol. The third kappa shape index (κ3) is 2.60. The molecular weight excluding hydrogens is 165 g/mol. The SMILES string of the molecule is CC(C)(C)C1NCCC1F.Cl. The second-order valence-corrected chi connectivity index (χ2v) is 4.10. The number of hydrogen-bond donors (Lipinski definition) is 1. The van der Waals surface area contributed by atoms with Gasteiger partial charge in [-0.25, -0.2) is 4.39 Å². The summed E-state index contributed by atoms with van der Waals surface area (Å²) in [5.74, 6) is 0. The van der Waals surface area contributed by atoms with Crippen LogP contribution in [0.2, 0.25) is 0 Å². The lowest BCUT2D eigenvalue weighted by molar-refractivity contribution is 0.190. The molecule has 0 amide bonds. The number of hydrogen-bond acceptors (Lipinski definition) is 1. The van der Waals surface area contributed by atoms with Crippen molar-refractivity contribution in [2.45, 2.75) is 39.4 Å². The molecule has 0 aromatic heterocycles. The molecule has 11 heavy (non-hydrogen) atoms. The van der Waals surface area contributed by atoms with Gasteiger partial charge in [0.1, 0.15) is 6.17 Å². The van der Waals surface area contributed by atoms with E-state index in [0.717, 1.165) is 6.54 Å². The Morgan fingerprint density at radius 3 is 2.09 bits per heavy atom. The second-order valence-electron chi connectivity index (χ2n) is 4.10. The fraction of sp³-hybridized carbons (Fsp3) is 1.00. The molecule has 1 heterocycles. The van der Waals surface area contributed by atoms with Crippen LogP contribution in [0.25, 0.3) is 0 Å². The van der Waals surface area contributed by atoms with Crippen molar-refractivity contribution in [1.82, 2.24) is 5.32 Å². The summed E-state index contributed by atoms with van der Waals surface area (Å²) in [4.78, 5) is 0. The predicted molar refractivity (Wildman–Crippen MR) is 48.0 cm³/mol. The monoisotopic (exact) mass is 181 g/mol. The highest BCUT2D eigenvalue weighted by Gasteiger charge is 2.35. The molecule has 1 nitrogen and oxygen atoms in total. The first-order chi connectivity index (χ1) is 4.52. The highest BCUT2D eigenvalue weighted by Crippen LogP contribution is 2.27. The molecule has 0 bridgehead atoms. The zero-order chi connectivity index (χ0) is 7.78. The standard InChI is InChI=1S/C8H16FN.ClH/c1-8(2,3)7-6(9)4-5-10-7;/h6-7,10H,4-5H2,1-3H3;1H. The summed E-state index contributed by atoms with van der Waals surface area (Å²) in [6.45, 7) is 7.05. The Morgan fingerprint density at radius 1 is 1.36 bits per heavy atom. The predicted octanol–water partition coefficient (Wildman–Crippen LogP) is 2.15. The zero-order valence-corrected chi connectivity index (χ0v) is 8.17. The van der Waals surface area contributed by atoms with Gasteiger partial charge in [-0.3, -0.25) is 0 Å². The molecule has 1 N–H and O–H groups in total. The van der Waals surface area contributed by atoms with Gasteiger partial charge >= 0.3 is 0 Å². The zero-order valence-electron chi connectivity index (χ0n) is 7.36. The summed E-state index contributed by atoms with van der Waals surface area (Å²) in [5, 5.41) is 3.17. The molecule has 0 aliphatic carbocycles. The Bertz CT molecular complexity index is 122. The largest absolute Gasteiger partial charge is 0.311 e. The van der Waals surface area contributed by atoms with E-state index in [9.17, 15) is 4.39 Å². The molecule has 1 aliphatic rings. The topological polar surface area (TPSA) is 12.0 Å². The minimum absolute atomic E-state index is 0.